The Morgan fingerprint density at radius 3 is 2.82 bits per heavy atom. The highest BCUT2D eigenvalue weighted by molar-refractivity contribution is 5.78. The number of nitrogens with one attached hydrogen (secondary N) is 1. The molecule has 0 saturated carbocycles. The van der Waals surface area contributed by atoms with Crippen LogP contribution in [0, 0.1) is 6.92 Å². The van der Waals surface area contributed by atoms with Crippen LogP contribution in [0.4, 0.5) is 11.5 Å². The Balaban J connectivity index is 1.69. The fraction of sp³-hybridized carbons (Fsp3) is 0.524. The number of rotatable bonds is 7. The number of aryl methyl sites for hydroxylation is 1. The number of carbonyl (C=O) groups excluding carboxylic acids is 1. The summed E-state index contributed by atoms with van der Waals surface area (Å²) in [6.45, 7) is 9.94. The van der Waals surface area contributed by atoms with Crippen molar-refractivity contribution in [3.8, 4) is 0 Å². The van der Waals surface area contributed by atoms with Crippen LogP contribution in [-0.4, -0.2) is 63.4 Å². The van der Waals surface area contributed by atoms with E-state index in [2.05, 4.69) is 26.3 Å². The Hall–Kier alpha value is -2.54. The number of pyridine rings is 1. The van der Waals surface area contributed by atoms with E-state index in [0.29, 0.717) is 18.3 Å². The molecule has 7 heteroatoms. The molecular weight excluding hydrogens is 352 g/mol. The minimum atomic E-state index is 0.216. The van der Waals surface area contributed by atoms with E-state index in [1.54, 1.807) is 18.6 Å². The van der Waals surface area contributed by atoms with Crippen LogP contribution in [-0.2, 0) is 4.79 Å². The van der Waals surface area contributed by atoms with Crippen molar-refractivity contribution in [2.75, 3.05) is 38.0 Å². The minimum Gasteiger partial charge on any atom is -0.342 e. The monoisotopic (exact) mass is 382 g/mol. The van der Waals surface area contributed by atoms with Gasteiger partial charge < -0.3 is 10.2 Å². The molecule has 0 radical (unpaired) electrons. The number of amides is 1. The fourth-order valence-electron chi connectivity index (χ4n) is 3.80. The van der Waals surface area contributed by atoms with Gasteiger partial charge in [0, 0.05) is 55.0 Å². The largest absolute Gasteiger partial charge is 0.342 e. The summed E-state index contributed by atoms with van der Waals surface area (Å²) in [5.41, 5.74) is 3.02. The van der Waals surface area contributed by atoms with Gasteiger partial charge in [0.25, 0.3) is 0 Å². The van der Waals surface area contributed by atoms with Gasteiger partial charge in [-0.2, -0.15) is 0 Å². The fourth-order valence-corrected chi connectivity index (χ4v) is 3.80. The van der Waals surface area contributed by atoms with Gasteiger partial charge in [-0.05, 0) is 52.3 Å². The zero-order valence-corrected chi connectivity index (χ0v) is 17.1. The minimum absolute atomic E-state index is 0.216. The molecule has 0 unspecified atom stereocenters. The van der Waals surface area contributed by atoms with E-state index in [-0.39, 0.29) is 5.91 Å². The number of hydrogen-bond acceptors (Lipinski definition) is 6. The third-order valence-corrected chi connectivity index (χ3v) is 5.21. The normalized spacial score (nSPS) is 17.3. The van der Waals surface area contributed by atoms with Crippen molar-refractivity contribution in [3.05, 3.63) is 42.1 Å². The van der Waals surface area contributed by atoms with Crippen molar-refractivity contribution in [2.45, 2.75) is 39.5 Å². The molecular formula is C21H30N6O. The van der Waals surface area contributed by atoms with E-state index in [1.165, 1.54) is 0 Å². The van der Waals surface area contributed by atoms with Crippen molar-refractivity contribution < 1.29 is 4.79 Å². The SMILES string of the molecule is CCN(CC)C(=O)CN1CCC[C@@H](c2cc(Nc3cnccn3)cc(C)n2)C1. The summed E-state index contributed by atoms with van der Waals surface area (Å²) in [7, 11) is 0. The second-order valence-electron chi connectivity index (χ2n) is 7.28. The summed E-state index contributed by atoms with van der Waals surface area (Å²) in [6.07, 6.45) is 7.21. The van der Waals surface area contributed by atoms with Gasteiger partial charge >= 0.3 is 0 Å². The molecule has 1 aliphatic rings. The van der Waals surface area contributed by atoms with Gasteiger partial charge in [-0.25, -0.2) is 4.98 Å². The van der Waals surface area contributed by atoms with Crippen LogP contribution < -0.4 is 5.32 Å². The highest BCUT2D eigenvalue weighted by atomic mass is 16.2. The molecule has 0 aromatic carbocycles. The molecule has 28 heavy (non-hydrogen) atoms. The molecule has 0 bridgehead atoms. The van der Waals surface area contributed by atoms with Crippen LogP contribution in [0.2, 0.25) is 0 Å². The molecule has 0 spiro atoms. The molecule has 1 amide bonds. The van der Waals surface area contributed by atoms with E-state index >= 15 is 0 Å². The molecule has 3 heterocycles. The highest BCUT2D eigenvalue weighted by Gasteiger charge is 2.25. The number of aromatic nitrogens is 3. The number of hydrogen-bond donors (Lipinski definition) is 1. The number of anilines is 2. The van der Waals surface area contributed by atoms with Gasteiger partial charge in [0.2, 0.25) is 5.91 Å². The molecule has 2 aromatic heterocycles. The van der Waals surface area contributed by atoms with E-state index < -0.39 is 0 Å². The maximum absolute atomic E-state index is 12.5. The van der Waals surface area contributed by atoms with Crippen LogP contribution in [0.25, 0.3) is 0 Å². The number of piperidine rings is 1. The van der Waals surface area contributed by atoms with Crippen LogP contribution in [0.1, 0.15) is 44.0 Å². The predicted molar refractivity (Wildman–Crippen MR) is 111 cm³/mol. The first-order valence-electron chi connectivity index (χ1n) is 10.1. The average molecular weight is 383 g/mol. The zero-order valence-electron chi connectivity index (χ0n) is 17.1. The van der Waals surface area contributed by atoms with Crippen molar-refractivity contribution in [3.63, 3.8) is 0 Å². The third-order valence-electron chi connectivity index (χ3n) is 5.21. The summed E-state index contributed by atoms with van der Waals surface area (Å²) >= 11 is 0. The van der Waals surface area contributed by atoms with Gasteiger partial charge in [0.05, 0.1) is 12.7 Å². The first kappa shape index (κ1) is 20.2. The lowest BCUT2D eigenvalue weighted by Crippen LogP contribution is -2.43. The summed E-state index contributed by atoms with van der Waals surface area (Å²) in [5.74, 6) is 1.27. The molecule has 1 aliphatic heterocycles. The van der Waals surface area contributed by atoms with Crippen molar-refractivity contribution in [1.29, 1.82) is 0 Å². The Morgan fingerprint density at radius 1 is 1.29 bits per heavy atom. The lowest BCUT2D eigenvalue weighted by atomic mass is 9.93. The van der Waals surface area contributed by atoms with Gasteiger partial charge in [-0.1, -0.05) is 0 Å². The molecule has 1 saturated heterocycles. The Bertz CT molecular complexity index is 778. The van der Waals surface area contributed by atoms with Crippen LogP contribution in [0.5, 0.6) is 0 Å². The lowest BCUT2D eigenvalue weighted by molar-refractivity contribution is -0.132. The topological polar surface area (TPSA) is 74.2 Å². The standard InChI is InChI=1S/C21H30N6O/c1-4-27(5-2)21(28)15-26-10-6-7-17(14-26)19-12-18(11-16(3)24-19)25-20-13-22-8-9-23-20/h8-9,11-13,17H,4-7,10,14-15H2,1-3H3,(H,23,24,25)/t17-/m1/s1. The molecule has 1 atom stereocenters. The summed E-state index contributed by atoms with van der Waals surface area (Å²) in [5, 5.41) is 3.31. The number of likely N-dealkylation sites (tertiary alicyclic amines) is 1. The van der Waals surface area contributed by atoms with E-state index in [9.17, 15) is 4.79 Å². The summed E-state index contributed by atoms with van der Waals surface area (Å²) < 4.78 is 0. The van der Waals surface area contributed by atoms with Gasteiger partial charge in [-0.3, -0.25) is 19.7 Å². The zero-order chi connectivity index (χ0) is 19.9. The quantitative estimate of drug-likeness (QED) is 0.794. The summed E-state index contributed by atoms with van der Waals surface area (Å²) in [6, 6.07) is 4.12. The van der Waals surface area contributed by atoms with Crippen LogP contribution in [0.15, 0.2) is 30.7 Å². The average Bonchev–Trinajstić information content (AvgIpc) is 2.69. The molecule has 3 rings (SSSR count). The smallest absolute Gasteiger partial charge is 0.236 e. The van der Waals surface area contributed by atoms with Gasteiger partial charge in [0.15, 0.2) is 0 Å². The Morgan fingerprint density at radius 2 is 2.11 bits per heavy atom. The number of carbonyl (C=O) groups is 1. The van der Waals surface area contributed by atoms with E-state index in [1.807, 2.05) is 31.7 Å². The van der Waals surface area contributed by atoms with Gasteiger partial charge in [-0.15, -0.1) is 0 Å². The van der Waals surface area contributed by atoms with E-state index in [0.717, 1.165) is 56.1 Å². The second kappa shape index (κ2) is 9.59. The van der Waals surface area contributed by atoms with Crippen LogP contribution in [0.3, 0.4) is 0 Å². The van der Waals surface area contributed by atoms with E-state index in [4.69, 9.17) is 4.98 Å². The molecule has 2 aromatic rings. The molecule has 7 nitrogen and oxygen atoms in total. The van der Waals surface area contributed by atoms with Crippen molar-refractivity contribution >= 4 is 17.4 Å². The highest BCUT2D eigenvalue weighted by Crippen LogP contribution is 2.28. The second-order valence-corrected chi connectivity index (χ2v) is 7.28. The maximum Gasteiger partial charge on any atom is 0.236 e. The Labute approximate surface area is 167 Å². The van der Waals surface area contributed by atoms with Gasteiger partial charge in [0.1, 0.15) is 5.82 Å². The first-order chi connectivity index (χ1) is 13.6. The molecule has 150 valence electrons. The van der Waals surface area contributed by atoms with Crippen molar-refractivity contribution in [2.24, 2.45) is 0 Å². The summed E-state index contributed by atoms with van der Waals surface area (Å²) in [4.78, 5) is 29.8. The molecule has 0 aliphatic carbocycles. The third kappa shape index (κ3) is 5.25. The van der Waals surface area contributed by atoms with Crippen molar-refractivity contribution in [1.82, 2.24) is 24.8 Å². The predicted octanol–water partition coefficient (Wildman–Crippen LogP) is 2.97. The molecule has 1 fully saturated rings. The lowest BCUT2D eigenvalue weighted by Gasteiger charge is -2.33. The molecule has 1 N–H and O–H groups in total. The number of likely N-dealkylation sites (N-methyl/N-ethyl adjacent to an activating group) is 1. The van der Waals surface area contributed by atoms with Crippen LogP contribution >= 0.6 is 0 Å². The number of nitrogens with zero attached hydrogens (tertiary/aromatic N) is 5. The maximum atomic E-state index is 12.5. The Kier molecular flexibility index (Phi) is 6.92. The first-order valence-corrected chi connectivity index (χ1v) is 10.1.